The molecule has 2 N–H and O–H groups in total. The van der Waals surface area contributed by atoms with Crippen LogP contribution in [-0.4, -0.2) is 45.6 Å². The molecule has 1 aromatic carbocycles. The Labute approximate surface area is 147 Å². The molecule has 1 aliphatic rings. The molecule has 6 nitrogen and oxygen atoms in total. The van der Waals surface area contributed by atoms with Gasteiger partial charge in [0.15, 0.2) is 0 Å². The number of carbonyl (C=O) groups excluding carboxylic acids is 2. The Morgan fingerprint density at radius 3 is 2.64 bits per heavy atom. The number of fused-ring (bicyclic) bond motifs is 1. The molecular formula is C19H25N3O3. The van der Waals surface area contributed by atoms with E-state index < -0.39 is 11.8 Å². The topological polar surface area (TPSA) is 74.6 Å². The maximum atomic E-state index is 12.4. The Morgan fingerprint density at radius 2 is 2.00 bits per heavy atom. The van der Waals surface area contributed by atoms with Crippen molar-refractivity contribution >= 4 is 28.4 Å². The van der Waals surface area contributed by atoms with Gasteiger partial charge in [0.05, 0.1) is 11.6 Å². The van der Waals surface area contributed by atoms with Crippen LogP contribution in [0.4, 0.5) is 5.69 Å². The van der Waals surface area contributed by atoms with Crippen LogP contribution < -0.4 is 5.32 Å². The second-order valence-corrected chi connectivity index (χ2v) is 6.70. The number of anilines is 1. The number of rotatable bonds is 3. The van der Waals surface area contributed by atoms with Crippen molar-refractivity contribution in [3.05, 3.63) is 30.5 Å². The van der Waals surface area contributed by atoms with E-state index >= 15 is 0 Å². The van der Waals surface area contributed by atoms with Crippen molar-refractivity contribution in [2.24, 2.45) is 5.92 Å². The highest BCUT2D eigenvalue weighted by molar-refractivity contribution is 6.39. The Kier molecular flexibility index (Phi) is 5.08. The summed E-state index contributed by atoms with van der Waals surface area (Å²) in [6.07, 6.45) is 3.10. The number of amides is 2. The van der Waals surface area contributed by atoms with Crippen molar-refractivity contribution in [3.63, 3.8) is 0 Å². The van der Waals surface area contributed by atoms with Crippen LogP contribution in [0.15, 0.2) is 30.5 Å². The van der Waals surface area contributed by atoms with E-state index in [1.807, 2.05) is 30.5 Å². The maximum absolute atomic E-state index is 12.4. The van der Waals surface area contributed by atoms with Crippen molar-refractivity contribution in [1.29, 1.82) is 0 Å². The summed E-state index contributed by atoms with van der Waals surface area (Å²) in [6.45, 7) is 5.71. The van der Waals surface area contributed by atoms with Gasteiger partial charge in [-0.05, 0) is 56.2 Å². The number of aliphatic hydroxyl groups is 1. The molecule has 134 valence electrons. The summed E-state index contributed by atoms with van der Waals surface area (Å²) in [4.78, 5) is 26.2. The van der Waals surface area contributed by atoms with Gasteiger partial charge >= 0.3 is 11.8 Å². The van der Waals surface area contributed by atoms with Crippen molar-refractivity contribution in [2.75, 3.05) is 18.4 Å². The van der Waals surface area contributed by atoms with Gasteiger partial charge in [-0.1, -0.05) is 6.07 Å². The second kappa shape index (κ2) is 7.27. The number of aryl methyl sites for hydroxylation is 1. The molecule has 6 heteroatoms. The van der Waals surface area contributed by atoms with Crippen LogP contribution >= 0.6 is 0 Å². The molecule has 1 atom stereocenters. The molecule has 0 radical (unpaired) electrons. The van der Waals surface area contributed by atoms with E-state index in [4.69, 9.17) is 0 Å². The average Bonchev–Trinajstić information content (AvgIpc) is 3.03. The van der Waals surface area contributed by atoms with Crippen molar-refractivity contribution in [1.82, 2.24) is 9.47 Å². The fourth-order valence-corrected chi connectivity index (χ4v) is 3.45. The molecule has 0 saturated carbocycles. The van der Waals surface area contributed by atoms with E-state index in [1.165, 1.54) is 0 Å². The molecule has 1 saturated heterocycles. The number of nitrogens with zero attached hydrogens (tertiary/aromatic N) is 2. The van der Waals surface area contributed by atoms with E-state index in [0.29, 0.717) is 18.8 Å². The van der Waals surface area contributed by atoms with Gasteiger partial charge in [0.2, 0.25) is 0 Å². The molecule has 3 rings (SSSR count). The zero-order valence-corrected chi connectivity index (χ0v) is 14.7. The van der Waals surface area contributed by atoms with Gasteiger partial charge in [0.1, 0.15) is 0 Å². The maximum Gasteiger partial charge on any atom is 0.313 e. The van der Waals surface area contributed by atoms with Crippen LogP contribution in [-0.2, 0) is 16.1 Å². The number of carbonyl (C=O) groups is 2. The van der Waals surface area contributed by atoms with E-state index in [-0.39, 0.29) is 12.0 Å². The first-order chi connectivity index (χ1) is 12.0. The fraction of sp³-hybridized carbons (Fsp3) is 0.474. The molecule has 0 spiro atoms. The number of hydrogen-bond donors (Lipinski definition) is 2. The Balaban J connectivity index is 1.65. The van der Waals surface area contributed by atoms with Gasteiger partial charge in [0.25, 0.3) is 0 Å². The van der Waals surface area contributed by atoms with Gasteiger partial charge in [-0.25, -0.2) is 0 Å². The molecule has 25 heavy (non-hydrogen) atoms. The molecule has 1 unspecified atom stereocenters. The smallest absolute Gasteiger partial charge is 0.313 e. The average molecular weight is 343 g/mol. The summed E-state index contributed by atoms with van der Waals surface area (Å²) < 4.78 is 2.09. The number of likely N-dealkylation sites (tertiary alicyclic amines) is 1. The third kappa shape index (κ3) is 3.69. The molecule has 2 heterocycles. The normalized spacial score (nSPS) is 16.8. The number of benzene rings is 1. The van der Waals surface area contributed by atoms with Gasteiger partial charge in [-0.15, -0.1) is 0 Å². The molecule has 1 fully saturated rings. The molecule has 1 aromatic heterocycles. The summed E-state index contributed by atoms with van der Waals surface area (Å²) >= 11 is 0. The highest BCUT2D eigenvalue weighted by Gasteiger charge is 2.28. The third-order valence-corrected chi connectivity index (χ3v) is 5.08. The fourth-order valence-electron chi connectivity index (χ4n) is 3.45. The van der Waals surface area contributed by atoms with Crippen LogP contribution in [0.5, 0.6) is 0 Å². The highest BCUT2D eigenvalue weighted by Crippen LogP contribution is 2.22. The second-order valence-electron chi connectivity index (χ2n) is 6.70. The summed E-state index contributed by atoms with van der Waals surface area (Å²) in [7, 11) is 0. The summed E-state index contributed by atoms with van der Waals surface area (Å²) in [6, 6.07) is 7.68. The molecule has 0 aliphatic carbocycles. The number of aliphatic hydroxyl groups excluding tert-OH is 1. The lowest BCUT2D eigenvalue weighted by molar-refractivity contribution is -0.144. The number of piperidine rings is 1. The van der Waals surface area contributed by atoms with Gasteiger partial charge < -0.3 is 19.9 Å². The lowest BCUT2D eigenvalue weighted by atomic mass is 9.92. The van der Waals surface area contributed by atoms with Gasteiger partial charge in [0, 0.05) is 31.5 Å². The first-order valence-electron chi connectivity index (χ1n) is 8.86. The molecular weight excluding hydrogens is 318 g/mol. The third-order valence-electron chi connectivity index (χ3n) is 5.08. The minimum Gasteiger partial charge on any atom is -0.393 e. The van der Waals surface area contributed by atoms with Crippen LogP contribution in [0.25, 0.3) is 10.9 Å². The summed E-state index contributed by atoms with van der Waals surface area (Å²) in [5.74, 6) is -0.907. The number of hydrogen-bond acceptors (Lipinski definition) is 3. The Morgan fingerprint density at radius 1 is 1.28 bits per heavy atom. The van der Waals surface area contributed by atoms with E-state index in [1.54, 1.807) is 11.8 Å². The first-order valence-corrected chi connectivity index (χ1v) is 8.86. The monoisotopic (exact) mass is 343 g/mol. The zero-order chi connectivity index (χ0) is 18.0. The predicted molar refractivity (Wildman–Crippen MR) is 97.2 cm³/mol. The molecule has 0 bridgehead atoms. The molecule has 2 amide bonds. The van der Waals surface area contributed by atoms with Crippen LogP contribution in [0.3, 0.4) is 0 Å². The minimum absolute atomic E-state index is 0.205. The predicted octanol–water partition coefficient (Wildman–Crippen LogP) is 2.22. The molecule has 1 aliphatic heterocycles. The highest BCUT2D eigenvalue weighted by atomic mass is 16.3. The zero-order valence-electron chi connectivity index (χ0n) is 14.7. The van der Waals surface area contributed by atoms with Crippen molar-refractivity contribution in [3.8, 4) is 0 Å². The van der Waals surface area contributed by atoms with Gasteiger partial charge in [-0.3, -0.25) is 9.59 Å². The number of aromatic nitrogens is 1. The minimum atomic E-state index is -0.607. The van der Waals surface area contributed by atoms with Crippen LogP contribution in [0.2, 0.25) is 0 Å². The lowest BCUT2D eigenvalue weighted by Gasteiger charge is -2.32. The van der Waals surface area contributed by atoms with Gasteiger partial charge in [-0.2, -0.15) is 0 Å². The first kappa shape index (κ1) is 17.5. The van der Waals surface area contributed by atoms with E-state index in [2.05, 4.69) is 16.8 Å². The summed E-state index contributed by atoms with van der Waals surface area (Å²) in [5.41, 5.74) is 1.66. The van der Waals surface area contributed by atoms with E-state index in [0.717, 1.165) is 30.3 Å². The number of nitrogens with one attached hydrogen (secondary N) is 1. The lowest BCUT2D eigenvalue weighted by Crippen LogP contribution is -2.45. The summed E-state index contributed by atoms with van der Waals surface area (Å²) in [5, 5.41) is 13.4. The molecule has 2 aromatic rings. The van der Waals surface area contributed by atoms with Crippen LogP contribution in [0.1, 0.15) is 26.7 Å². The van der Waals surface area contributed by atoms with Crippen LogP contribution in [0, 0.1) is 5.92 Å². The Bertz CT molecular complexity index is 773. The SMILES string of the molecule is CCn1ccc2ccc(NC(=O)C(=O)N3CCC(C(C)O)CC3)cc21. The Hall–Kier alpha value is -2.34. The van der Waals surface area contributed by atoms with Crippen molar-refractivity contribution in [2.45, 2.75) is 39.3 Å². The van der Waals surface area contributed by atoms with Crippen molar-refractivity contribution < 1.29 is 14.7 Å². The standard InChI is InChI=1S/C19H25N3O3/c1-3-21-9-8-15-4-5-16(12-17(15)21)20-18(24)19(25)22-10-6-14(7-11-22)13(2)23/h4-5,8-9,12-14,23H,3,6-7,10-11H2,1-2H3,(H,20,24). The van der Waals surface area contributed by atoms with E-state index in [9.17, 15) is 14.7 Å². The largest absolute Gasteiger partial charge is 0.393 e. The quantitative estimate of drug-likeness (QED) is 0.839.